The summed E-state index contributed by atoms with van der Waals surface area (Å²) in [7, 11) is 0. The fourth-order valence-corrected chi connectivity index (χ4v) is 4.22. The van der Waals surface area contributed by atoms with Gasteiger partial charge >= 0.3 is 0 Å². The molecule has 0 atom stereocenters. The molecule has 0 radical (unpaired) electrons. The summed E-state index contributed by atoms with van der Waals surface area (Å²) < 4.78 is 12.9. The third kappa shape index (κ3) is 6.31. The number of halogens is 1. The molecule has 1 heterocycles. The van der Waals surface area contributed by atoms with Crippen molar-refractivity contribution in [3.05, 3.63) is 59.4 Å². The first kappa shape index (κ1) is 22.3. The van der Waals surface area contributed by atoms with Crippen LogP contribution in [0.15, 0.2) is 47.4 Å². The van der Waals surface area contributed by atoms with E-state index in [9.17, 15) is 14.0 Å². The van der Waals surface area contributed by atoms with Crippen molar-refractivity contribution in [2.24, 2.45) is 0 Å². The van der Waals surface area contributed by atoms with E-state index in [-0.39, 0.29) is 17.6 Å². The van der Waals surface area contributed by atoms with Crippen LogP contribution in [0.3, 0.4) is 0 Å². The lowest BCUT2D eigenvalue weighted by Gasteiger charge is -2.34. The summed E-state index contributed by atoms with van der Waals surface area (Å²) in [6.45, 7) is 7.01. The van der Waals surface area contributed by atoms with Gasteiger partial charge in [-0.2, -0.15) is 0 Å². The topological polar surface area (TPSA) is 52.7 Å². The highest BCUT2D eigenvalue weighted by Crippen LogP contribution is 2.20. The highest BCUT2D eigenvalue weighted by atomic mass is 32.2. The molecular weight excluding hydrogens is 401 g/mol. The number of hydrogen-bond acceptors (Lipinski definition) is 4. The van der Waals surface area contributed by atoms with Crippen LogP contribution in [0.25, 0.3) is 0 Å². The summed E-state index contributed by atoms with van der Waals surface area (Å²) >= 11 is 1.56. The minimum Gasteiger partial charge on any atom is -0.340 e. The summed E-state index contributed by atoms with van der Waals surface area (Å²) in [4.78, 5) is 29.7. The Morgan fingerprint density at radius 3 is 2.43 bits per heavy atom. The molecule has 0 spiro atoms. The molecule has 1 aliphatic rings. The van der Waals surface area contributed by atoms with Gasteiger partial charge in [-0.1, -0.05) is 12.1 Å². The standard InChI is InChI=1S/C23H28FN3O2S/c1-17-4-3-5-21(18(17)2)25-22(28)16-26-11-13-27(14-12-26)23(29)10-15-30-20-8-6-19(24)7-9-20/h3-9H,10-16H2,1-2H3,(H,25,28). The van der Waals surface area contributed by atoms with E-state index >= 15 is 0 Å². The van der Waals surface area contributed by atoms with Crippen LogP contribution in [-0.4, -0.2) is 60.1 Å². The number of amides is 2. The van der Waals surface area contributed by atoms with Crippen LogP contribution >= 0.6 is 11.8 Å². The lowest BCUT2D eigenvalue weighted by molar-refractivity contribution is -0.132. The number of carbonyl (C=O) groups is 2. The average Bonchev–Trinajstić information content (AvgIpc) is 2.73. The molecule has 0 unspecified atom stereocenters. The zero-order chi connectivity index (χ0) is 21.5. The molecular formula is C23H28FN3O2S. The first-order valence-electron chi connectivity index (χ1n) is 10.2. The maximum atomic E-state index is 12.9. The zero-order valence-electron chi connectivity index (χ0n) is 17.5. The fourth-order valence-electron chi connectivity index (χ4n) is 3.38. The lowest BCUT2D eigenvalue weighted by atomic mass is 10.1. The minimum atomic E-state index is -0.254. The Hall–Kier alpha value is -2.38. The largest absolute Gasteiger partial charge is 0.340 e. The molecule has 1 fully saturated rings. The van der Waals surface area contributed by atoms with Crippen LogP contribution in [-0.2, 0) is 9.59 Å². The van der Waals surface area contributed by atoms with E-state index in [4.69, 9.17) is 0 Å². The SMILES string of the molecule is Cc1cccc(NC(=O)CN2CCN(C(=O)CCSc3ccc(F)cc3)CC2)c1C. The van der Waals surface area contributed by atoms with Crippen molar-refractivity contribution in [3.63, 3.8) is 0 Å². The predicted molar refractivity (Wildman–Crippen MR) is 119 cm³/mol. The van der Waals surface area contributed by atoms with E-state index < -0.39 is 0 Å². The minimum absolute atomic E-state index is 0.0285. The zero-order valence-corrected chi connectivity index (χ0v) is 18.3. The second kappa shape index (κ2) is 10.6. The number of rotatable bonds is 7. The molecule has 5 nitrogen and oxygen atoms in total. The van der Waals surface area contributed by atoms with Gasteiger partial charge in [-0.3, -0.25) is 14.5 Å². The number of nitrogens with one attached hydrogen (secondary N) is 1. The van der Waals surface area contributed by atoms with Crippen LogP contribution in [0, 0.1) is 19.7 Å². The number of aryl methyl sites for hydroxylation is 1. The normalized spacial score (nSPS) is 14.6. The van der Waals surface area contributed by atoms with Gasteiger partial charge in [0.15, 0.2) is 0 Å². The number of carbonyl (C=O) groups excluding carboxylic acids is 2. The summed E-state index contributed by atoms with van der Waals surface area (Å²) in [5.74, 6) is 0.516. The molecule has 1 N–H and O–H groups in total. The van der Waals surface area contributed by atoms with E-state index in [0.717, 1.165) is 21.7 Å². The van der Waals surface area contributed by atoms with Gasteiger partial charge in [0.05, 0.1) is 6.54 Å². The summed E-state index contributed by atoms with van der Waals surface area (Å²) in [5.41, 5.74) is 3.09. The Labute approximate surface area is 181 Å². The molecule has 160 valence electrons. The number of thioether (sulfide) groups is 1. The monoisotopic (exact) mass is 429 g/mol. The van der Waals surface area contributed by atoms with Crippen molar-refractivity contribution in [2.75, 3.05) is 43.8 Å². The van der Waals surface area contributed by atoms with Gasteiger partial charge in [0.25, 0.3) is 0 Å². The Kier molecular flexibility index (Phi) is 7.87. The molecule has 7 heteroatoms. The second-order valence-electron chi connectivity index (χ2n) is 7.50. The van der Waals surface area contributed by atoms with Gasteiger partial charge in [0.1, 0.15) is 5.82 Å². The van der Waals surface area contributed by atoms with Crippen LogP contribution in [0.2, 0.25) is 0 Å². The van der Waals surface area contributed by atoms with Crippen molar-refractivity contribution in [1.82, 2.24) is 9.80 Å². The first-order valence-corrected chi connectivity index (χ1v) is 11.2. The molecule has 0 aliphatic carbocycles. The summed E-state index contributed by atoms with van der Waals surface area (Å²) in [6.07, 6.45) is 0.454. The Morgan fingerprint density at radius 2 is 1.73 bits per heavy atom. The molecule has 0 aromatic heterocycles. The molecule has 0 saturated carbocycles. The van der Waals surface area contributed by atoms with Crippen LogP contribution < -0.4 is 5.32 Å². The van der Waals surface area contributed by atoms with E-state index in [1.807, 2.05) is 36.9 Å². The fraction of sp³-hybridized carbons (Fsp3) is 0.391. The van der Waals surface area contributed by atoms with E-state index in [1.165, 1.54) is 12.1 Å². The Balaban J connectivity index is 1.37. The van der Waals surface area contributed by atoms with Crippen molar-refractivity contribution < 1.29 is 14.0 Å². The van der Waals surface area contributed by atoms with E-state index in [2.05, 4.69) is 10.2 Å². The van der Waals surface area contributed by atoms with Crippen molar-refractivity contribution in [1.29, 1.82) is 0 Å². The molecule has 2 aromatic rings. The van der Waals surface area contributed by atoms with Crippen molar-refractivity contribution in [2.45, 2.75) is 25.2 Å². The van der Waals surface area contributed by atoms with Gasteiger partial charge in [-0.05, 0) is 55.3 Å². The highest BCUT2D eigenvalue weighted by molar-refractivity contribution is 7.99. The maximum Gasteiger partial charge on any atom is 0.238 e. The molecule has 2 aromatic carbocycles. The Bertz CT molecular complexity index is 881. The number of hydrogen-bond donors (Lipinski definition) is 1. The third-order valence-corrected chi connectivity index (χ3v) is 6.38. The summed E-state index contributed by atoms with van der Waals surface area (Å²) in [5, 5.41) is 2.99. The quantitative estimate of drug-likeness (QED) is 0.682. The van der Waals surface area contributed by atoms with Gasteiger partial charge in [-0.15, -0.1) is 11.8 Å². The first-order chi connectivity index (χ1) is 14.4. The number of benzene rings is 2. The molecule has 1 aliphatic heterocycles. The number of piperazine rings is 1. The van der Waals surface area contributed by atoms with Crippen molar-refractivity contribution >= 4 is 29.3 Å². The third-order valence-electron chi connectivity index (χ3n) is 5.37. The van der Waals surface area contributed by atoms with Gasteiger partial charge in [0.2, 0.25) is 11.8 Å². The number of anilines is 1. The maximum absolute atomic E-state index is 12.9. The molecule has 0 bridgehead atoms. The Morgan fingerprint density at radius 1 is 1.03 bits per heavy atom. The van der Waals surface area contributed by atoms with Crippen LogP contribution in [0.1, 0.15) is 17.5 Å². The summed E-state index contributed by atoms with van der Waals surface area (Å²) in [6, 6.07) is 12.2. The second-order valence-corrected chi connectivity index (χ2v) is 8.67. The lowest BCUT2D eigenvalue weighted by Crippen LogP contribution is -2.50. The van der Waals surface area contributed by atoms with Crippen LogP contribution in [0.5, 0.6) is 0 Å². The molecule has 2 amide bonds. The predicted octanol–water partition coefficient (Wildman–Crippen LogP) is 3.71. The van der Waals surface area contributed by atoms with E-state index in [0.29, 0.717) is 44.9 Å². The number of nitrogens with zero attached hydrogens (tertiary/aromatic N) is 2. The average molecular weight is 430 g/mol. The molecule has 3 rings (SSSR count). The van der Waals surface area contributed by atoms with E-state index in [1.54, 1.807) is 23.9 Å². The molecule has 1 saturated heterocycles. The van der Waals surface area contributed by atoms with Crippen molar-refractivity contribution in [3.8, 4) is 0 Å². The van der Waals surface area contributed by atoms with Gasteiger partial charge < -0.3 is 10.2 Å². The van der Waals surface area contributed by atoms with Crippen LogP contribution in [0.4, 0.5) is 10.1 Å². The smallest absolute Gasteiger partial charge is 0.238 e. The van der Waals surface area contributed by atoms with Gasteiger partial charge in [0, 0.05) is 48.9 Å². The highest BCUT2D eigenvalue weighted by Gasteiger charge is 2.22. The van der Waals surface area contributed by atoms with Gasteiger partial charge in [-0.25, -0.2) is 4.39 Å². The molecule has 30 heavy (non-hydrogen) atoms.